The van der Waals surface area contributed by atoms with Crippen molar-refractivity contribution < 1.29 is 19.0 Å². The molecule has 3 rings (SSSR count). The molecule has 0 spiro atoms. The molecule has 1 unspecified atom stereocenters. The Morgan fingerprint density at radius 2 is 1.89 bits per heavy atom. The van der Waals surface area contributed by atoms with Gasteiger partial charge < -0.3 is 19.5 Å². The molecule has 0 saturated heterocycles. The van der Waals surface area contributed by atoms with Gasteiger partial charge in [0.2, 0.25) is 0 Å². The minimum Gasteiger partial charge on any atom is -0.497 e. The molecule has 1 aromatic heterocycles. The van der Waals surface area contributed by atoms with E-state index in [2.05, 4.69) is 10.5 Å². The maximum atomic E-state index is 12.3. The van der Waals surface area contributed by atoms with Gasteiger partial charge in [-0.15, -0.1) is 0 Å². The summed E-state index contributed by atoms with van der Waals surface area (Å²) in [5, 5.41) is 7.06. The Hall–Kier alpha value is -3.12. The monoisotopic (exact) mass is 366 g/mol. The highest BCUT2D eigenvalue weighted by molar-refractivity contribution is 5.91. The lowest BCUT2D eigenvalue weighted by molar-refractivity contribution is -0.904. The second kappa shape index (κ2) is 9.00. The summed E-state index contributed by atoms with van der Waals surface area (Å²) in [4.78, 5) is 13.5. The molecule has 140 valence electrons. The fourth-order valence-corrected chi connectivity index (χ4v) is 2.81. The van der Waals surface area contributed by atoms with E-state index in [-0.39, 0.29) is 5.91 Å². The molecular formula is C21H24N3O3+. The Morgan fingerprint density at radius 3 is 2.56 bits per heavy atom. The quantitative estimate of drug-likeness (QED) is 0.642. The van der Waals surface area contributed by atoms with Crippen LogP contribution in [0.25, 0.3) is 11.3 Å². The van der Waals surface area contributed by atoms with Gasteiger partial charge >= 0.3 is 0 Å². The smallest absolute Gasteiger partial charge is 0.279 e. The third-order valence-corrected chi connectivity index (χ3v) is 4.33. The highest BCUT2D eigenvalue weighted by atomic mass is 16.5. The van der Waals surface area contributed by atoms with Gasteiger partial charge in [0.15, 0.2) is 12.3 Å². The summed E-state index contributed by atoms with van der Waals surface area (Å²) in [6.45, 7) is 3.84. The van der Waals surface area contributed by atoms with Crippen molar-refractivity contribution in [2.75, 3.05) is 25.5 Å². The van der Waals surface area contributed by atoms with Crippen molar-refractivity contribution in [2.24, 2.45) is 0 Å². The SMILES string of the molecule is CC[NH+](CC(=O)Nc1ccc(OC)cc1)Cc1cc(-c2ccccc2)on1. The number of carbonyl (C=O) groups is 1. The number of hydrogen-bond donors (Lipinski definition) is 2. The molecular weight excluding hydrogens is 342 g/mol. The van der Waals surface area contributed by atoms with Crippen molar-refractivity contribution in [3.05, 3.63) is 66.4 Å². The zero-order valence-corrected chi connectivity index (χ0v) is 15.6. The van der Waals surface area contributed by atoms with Gasteiger partial charge in [0.1, 0.15) is 18.0 Å². The summed E-state index contributed by atoms with van der Waals surface area (Å²) in [6, 6.07) is 19.1. The van der Waals surface area contributed by atoms with Crippen LogP contribution >= 0.6 is 0 Å². The number of quaternary nitrogens is 1. The first-order chi connectivity index (χ1) is 13.2. The number of ether oxygens (including phenoxy) is 1. The van der Waals surface area contributed by atoms with Crippen LogP contribution in [0.4, 0.5) is 5.69 Å². The van der Waals surface area contributed by atoms with Crippen molar-refractivity contribution >= 4 is 11.6 Å². The van der Waals surface area contributed by atoms with Crippen LogP contribution in [0.3, 0.4) is 0 Å². The van der Waals surface area contributed by atoms with E-state index in [1.807, 2.05) is 67.6 Å². The number of nitrogens with zero attached hydrogens (tertiary/aromatic N) is 1. The number of rotatable bonds is 8. The summed E-state index contributed by atoms with van der Waals surface area (Å²) in [5.41, 5.74) is 2.58. The minimum absolute atomic E-state index is 0.0382. The molecule has 27 heavy (non-hydrogen) atoms. The summed E-state index contributed by atoms with van der Waals surface area (Å²) >= 11 is 0. The Bertz CT molecular complexity index is 860. The van der Waals surface area contributed by atoms with Gasteiger partial charge in [-0.25, -0.2) is 0 Å². The van der Waals surface area contributed by atoms with Gasteiger partial charge in [-0.1, -0.05) is 35.5 Å². The lowest BCUT2D eigenvalue weighted by atomic mass is 10.1. The highest BCUT2D eigenvalue weighted by Crippen LogP contribution is 2.19. The molecule has 1 heterocycles. The molecule has 0 saturated carbocycles. The largest absolute Gasteiger partial charge is 0.497 e. The van der Waals surface area contributed by atoms with E-state index in [1.54, 1.807) is 7.11 Å². The van der Waals surface area contributed by atoms with E-state index >= 15 is 0 Å². The zero-order chi connectivity index (χ0) is 19.1. The first kappa shape index (κ1) is 18.7. The molecule has 2 aromatic carbocycles. The Labute approximate surface area is 158 Å². The Balaban J connectivity index is 1.57. The van der Waals surface area contributed by atoms with Gasteiger partial charge in [-0.3, -0.25) is 4.79 Å². The Kier molecular flexibility index (Phi) is 6.22. The number of benzene rings is 2. The van der Waals surface area contributed by atoms with Crippen molar-refractivity contribution in [3.63, 3.8) is 0 Å². The van der Waals surface area contributed by atoms with E-state index < -0.39 is 0 Å². The normalized spacial score (nSPS) is 11.8. The van der Waals surface area contributed by atoms with Crippen molar-refractivity contribution in [3.8, 4) is 17.1 Å². The molecule has 0 bridgehead atoms. The van der Waals surface area contributed by atoms with Crippen LogP contribution in [0.2, 0.25) is 0 Å². The molecule has 0 aliphatic heterocycles. The molecule has 3 aromatic rings. The van der Waals surface area contributed by atoms with Crippen LogP contribution in [0.5, 0.6) is 5.75 Å². The average molecular weight is 366 g/mol. The number of likely N-dealkylation sites (N-methyl/N-ethyl adjacent to an activating group) is 1. The number of methoxy groups -OCH3 is 1. The fourth-order valence-electron chi connectivity index (χ4n) is 2.81. The lowest BCUT2D eigenvalue weighted by Crippen LogP contribution is -3.11. The van der Waals surface area contributed by atoms with Gasteiger partial charge in [0.25, 0.3) is 5.91 Å². The predicted octanol–water partition coefficient (Wildman–Crippen LogP) is 2.39. The van der Waals surface area contributed by atoms with Crippen LogP contribution in [0.15, 0.2) is 65.2 Å². The second-order valence-corrected chi connectivity index (χ2v) is 6.28. The van der Waals surface area contributed by atoms with Gasteiger partial charge in [-0.2, -0.15) is 0 Å². The maximum Gasteiger partial charge on any atom is 0.279 e. The number of amides is 1. The average Bonchev–Trinajstić information content (AvgIpc) is 3.17. The van der Waals surface area contributed by atoms with E-state index in [0.717, 1.165) is 39.9 Å². The third-order valence-electron chi connectivity index (χ3n) is 4.33. The van der Waals surface area contributed by atoms with Crippen LogP contribution in [-0.2, 0) is 11.3 Å². The van der Waals surface area contributed by atoms with Gasteiger partial charge in [0.05, 0.1) is 13.7 Å². The molecule has 6 nitrogen and oxygen atoms in total. The second-order valence-electron chi connectivity index (χ2n) is 6.28. The Morgan fingerprint density at radius 1 is 1.15 bits per heavy atom. The lowest BCUT2D eigenvalue weighted by Gasteiger charge is -2.15. The topological polar surface area (TPSA) is 68.8 Å². The summed E-state index contributed by atoms with van der Waals surface area (Å²) in [6.07, 6.45) is 0. The molecule has 1 atom stereocenters. The van der Waals surface area contributed by atoms with Crippen LogP contribution in [-0.4, -0.2) is 31.3 Å². The molecule has 0 aliphatic rings. The minimum atomic E-state index is -0.0382. The van der Waals surface area contributed by atoms with E-state index in [1.165, 1.54) is 0 Å². The molecule has 0 radical (unpaired) electrons. The van der Waals surface area contributed by atoms with Crippen molar-refractivity contribution in [1.82, 2.24) is 5.16 Å². The molecule has 2 N–H and O–H groups in total. The number of anilines is 1. The molecule has 6 heteroatoms. The number of carbonyl (C=O) groups excluding carboxylic acids is 1. The number of aromatic nitrogens is 1. The summed E-state index contributed by atoms with van der Waals surface area (Å²) in [7, 11) is 1.61. The molecule has 0 fully saturated rings. The van der Waals surface area contributed by atoms with Crippen LogP contribution < -0.4 is 15.0 Å². The number of hydrogen-bond acceptors (Lipinski definition) is 4. The van der Waals surface area contributed by atoms with Crippen molar-refractivity contribution in [2.45, 2.75) is 13.5 Å². The summed E-state index contributed by atoms with van der Waals surface area (Å²) in [5.74, 6) is 1.46. The van der Waals surface area contributed by atoms with Gasteiger partial charge in [0, 0.05) is 17.3 Å². The third kappa shape index (κ3) is 5.18. The van der Waals surface area contributed by atoms with E-state index in [0.29, 0.717) is 13.1 Å². The first-order valence-electron chi connectivity index (χ1n) is 8.96. The fraction of sp³-hybridized carbons (Fsp3) is 0.238. The first-order valence-corrected chi connectivity index (χ1v) is 8.96. The summed E-state index contributed by atoms with van der Waals surface area (Å²) < 4.78 is 10.6. The molecule has 1 amide bonds. The van der Waals surface area contributed by atoms with Gasteiger partial charge in [-0.05, 0) is 31.2 Å². The maximum absolute atomic E-state index is 12.3. The standard InChI is InChI=1S/C21H23N3O3/c1-3-24(15-21(25)22-17-9-11-19(26-2)12-10-17)14-18-13-20(27-23-18)16-7-5-4-6-8-16/h4-13H,3,14-15H2,1-2H3,(H,22,25)/p+1. The highest BCUT2D eigenvalue weighted by Gasteiger charge is 2.16. The van der Waals surface area contributed by atoms with E-state index in [4.69, 9.17) is 9.26 Å². The predicted molar refractivity (Wildman–Crippen MR) is 104 cm³/mol. The number of nitrogens with one attached hydrogen (secondary N) is 2. The van der Waals surface area contributed by atoms with Crippen molar-refractivity contribution in [1.29, 1.82) is 0 Å². The zero-order valence-electron chi connectivity index (χ0n) is 15.6. The van der Waals surface area contributed by atoms with Crippen LogP contribution in [0.1, 0.15) is 12.6 Å². The van der Waals surface area contributed by atoms with Crippen LogP contribution in [0, 0.1) is 0 Å². The molecule has 0 aliphatic carbocycles. The van der Waals surface area contributed by atoms with E-state index in [9.17, 15) is 4.79 Å².